The Bertz CT molecular complexity index is 859. The summed E-state index contributed by atoms with van der Waals surface area (Å²) in [5.74, 6) is -0.272. The van der Waals surface area contributed by atoms with Gasteiger partial charge in [0.25, 0.3) is 5.91 Å². The SMILES string of the molecule is COc1ccc(C(=O)N(CCN2CCC(OCC(=O)O)CC2)c2ccc(C)cc2)cc1. The Labute approximate surface area is 183 Å². The van der Waals surface area contributed by atoms with Crippen LogP contribution >= 0.6 is 0 Å². The zero-order valence-corrected chi connectivity index (χ0v) is 18.1. The summed E-state index contributed by atoms with van der Waals surface area (Å²) in [5.41, 5.74) is 2.62. The summed E-state index contributed by atoms with van der Waals surface area (Å²) in [4.78, 5) is 28.1. The number of likely N-dealkylation sites (tertiary alicyclic amines) is 1. The number of aliphatic carboxylic acids is 1. The molecule has 1 heterocycles. The van der Waals surface area contributed by atoms with Crippen LogP contribution in [0.25, 0.3) is 0 Å². The van der Waals surface area contributed by atoms with Crippen molar-refractivity contribution in [2.24, 2.45) is 0 Å². The van der Waals surface area contributed by atoms with Crippen LogP contribution in [-0.2, 0) is 9.53 Å². The molecule has 1 aliphatic rings. The van der Waals surface area contributed by atoms with E-state index in [9.17, 15) is 9.59 Å². The zero-order chi connectivity index (χ0) is 22.2. The Morgan fingerprint density at radius 1 is 1.06 bits per heavy atom. The maximum absolute atomic E-state index is 13.3. The monoisotopic (exact) mass is 426 g/mol. The van der Waals surface area contributed by atoms with E-state index in [1.54, 1.807) is 31.4 Å². The minimum Gasteiger partial charge on any atom is -0.497 e. The average molecular weight is 427 g/mol. The highest BCUT2D eigenvalue weighted by molar-refractivity contribution is 6.06. The Morgan fingerprint density at radius 3 is 2.29 bits per heavy atom. The van der Waals surface area contributed by atoms with Gasteiger partial charge in [-0.3, -0.25) is 4.79 Å². The summed E-state index contributed by atoms with van der Waals surface area (Å²) in [7, 11) is 1.60. The van der Waals surface area contributed by atoms with Crippen molar-refractivity contribution >= 4 is 17.6 Å². The average Bonchev–Trinajstić information content (AvgIpc) is 2.79. The molecular weight excluding hydrogens is 396 g/mol. The summed E-state index contributed by atoms with van der Waals surface area (Å²) in [6, 6.07) is 15.1. The molecule has 1 aliphatic heterocycles. The molecule has 1 fully saturated rings. The van der Waals surface area contributed by atoms with Crippen LogP contribution < -0.4 is 9.64 Å². The second-order valence-electron chi connectivity index (χ2n) is 7.77. The standard InChI is InChI=1S/C24H30N2O5/c1-18-3-7-20(8-4-18)26(24(29)19-5-9-21(30-2)10-6-19)16-15-25-13-11-22(12-14-25)31-17-23(27)28/h3-10,22H,11-17H2,1-2H3,(H,27,28). The second-order valence-corrected chi connectivity index (χ2v) is 7.77. The maximum Gasteiger partial charge on any atom is 0.329 e. The molecule has 1 N–H and O–H groups in total. The summed E-state index contributed by atoms with van der Waals surface area (Å²) < 4.78 is 10.6. The van der Waals surface area contributed by atoms with E-state index in [1.165, 1.54) is 0 Å². The first-order chi connectivity index (χ1) is 15.0. The van der Waals surface area contributed by atoms with Crippen LogP contribution in [0.15, 0.2) is 48.5 Å². The molecule has 7 heteroatoms. The fourth-order valence-corrected chi connectivity index (χ4v) is 3.69. The number of carbonyl (C=O) groups is 2. The van der Waals surface area contributed by atoms with E-state index in [0.29, 0.717) is 17.9 Å². The van der Waals surface area contributed by atoms with E-state index in [-0.39, 0.29) is 18.6 Å². The van der Waals surface area contributed by atoms with Gasteiger partial charge in [-0.25, -0.2) is 4.79 Å². The highest BCUT2D eigenvalue weighted by atomic mass is 16.5. The van der Waals surface area contributed by atoms with Crippen LogP contribution in [0, 0.1) is 6.92 Å². The summed E-state index contributed by atoms with van der Waals surface area (Å²) in [6.07, 6.45) is 1.58. The van der Waals surface area contributed by atoms with E-state index in [0.717, 1.165) is 43.7 Å². The predicted molar refractivity (Wildman–Crippen MR) is 119 cm³/mol. The van der Waals surface area contributed by atoms with Crippen LogP contribution in [0.3, 0.4) is 0 Å². The predicted octanol–water partition coefficient (Wildman–Crippen LogP) is 3.22. The Hall–Kier alpha value is -2.90. The number of rotatable bonds is 9. The van der Waals surface area contributed by atoms with Crippen molar-refractivity contribution in [2.45, 2.75) is 25.9 Å². The normalized spacial score (nSPS) is 14.9. The molecule has 3 rings (SSSR count). The largest absolute Gasteiger partial charge is 0.497 e. The fraction of sp³-hybridized carbons (Fsp3) is 0.417. The number of amides is 1. The molecule has 0 aliphatic carbocycles. The van der Waals surface area contributed by atoms with Crippen molar-refractivity contribution in [3.05, 3.63) is 59.7 Å². The Kier molecular flexibility index (Phi) is 8.03. The highest BCUT2D eigenvalue weighted by Crippen LogP contribution is 2.21. The number of aryl methyl sites for hydroxylation is 1. The molecule has 0 atom stereocenters. The van der Waals surface area contributed by atoms with Gasteiger partial charge in [0.15, 0.2) is 0 Å². The molecular formula is C24H30N2O5. The van der Waals surface area contributed by atoms with Crippen molar-refractivity contribution in [3.8, 4) is 5.75 Å². The first-order valence-corrected chi connectivity index (χ1v) is 10.5. The first-order valence-electron chi connectivity index (χ1n) is 10.5. The van der Waals surface area contributed by atoms with Crippen molar-refractivity contribution in [1.82, 2.24) is 4.90 Å². The van der Waals surface area contributed by atoms with Gasteiger partial charge in [-0.05, 0) is 56.2 Å². The molecule has 0 radical (unpaired) electrons. The smallest absolute Gasteiger partial charge is 0.329 e. The molecule has 1 amide bonds. The van der Waals surface area contributed by atoms with E-state index in [4.69, 9.17) is 14.6 Å². The number of carboxylic acid groups (broad SMARTS) is 1. The second kappa shape index (κ2) is 10.9. The van der Waals surface area contributed by atoms with Crippen LogP contribution in [0.1, 0.15) is 28.8 Å². The first kappa shape index (κ1) is 22.8. The summed E-state index contributed by atoms with van der Waals surface area (Å²) in [6.45, 7) is 4.72. The number of ether oxygens (including phenoxy) is 2. The van der Waals surface area contributed by atoms with Crippen LogP contribution in [-0.4, -0.2) is 67.9 Å². The van der Waals surface area contributed by atoms with E-state index in [2.05, 4.69) is 4.90 Å². The van der Waals surface area contributed by atoms with Crippen molar-refractivity contribution in [1.29, 1.82) is 0 Å². The lowest BCUT2D eigenvalue weighted by Crippen LogP contribution is -2.43. The third-order valence-electron chi connectivity index (χ3n) is 5.54. The Balaban J connectivity index is 1.64. The number of methoxy groups -OCH3 is 1. The van der Waals surface area contributed by atoms with Crippen molar-refractivity contribution in [2.75, 3.05) is 44.8 Å². The van der Waals surface area contributed by atoms with Crippen molar-refractivity contribution < 1.29 is 24.2 Å². The molecule has 1 saturated heterocycles. The highest BCUT2D eigenvalue weighted by Gasteiger charge is 2.23. The van der Waals surface area contributed by atoms with Gasteiger partial charge < -0.3 is 24.4 Å². The lowest BCUT2D eigenvalue weighted by atomic mass is 10.1. The molecule has 166 valence electrons. The summed E-state index contributed by atoms with van der Waals surface area (Å²) >= 11 is 0. The summed E-state index contributed by atoms with van der Waals surface area (Å²) in [5, 5.41) is 8.76. The fourth-order valence-electron chi connectivity index (χ4n) is 3.69. The van der Waals surface area contributed by atoms with Gasteiger partial charge in [0.05, 0.1) is 13.2 Å². The number of carbonyl (C=O) groups excluding carboxylic acids is 1. The Morgan fingerprint density at radius 2 is 1.71 bits per heavy atom. The number of piperidine rings is 1. The van der Waals surface area contributed by atoms with Gasteiger partial charge in [0, 0.05) is 37.4 Å². The minimum atomic E-state index is -0.937. The molecule has 0 saturated carbocycles. The third kappa shape index (κ3) is 6.54. The number of carboxylic acids is 1. The maximum atomic E-state index is 13.3. The minimum absolute atomic E-state index is 0.0125. The molecule has 0 unspecified atom stereocenters. The van der Waals surface area contributed by atoms with E-state index >= 15 is 0 Å². The van der Waals surface area contributed by atoms with Gasteiger partial charge in [0.1, 0.15) is 12.4 Å². The zero-order valence-electron chi connectivity index (χ0n) is 18.1. The molecule has 7 nitrogen and oxygen atoms in total. The van der Waals surface area contributed by atoms with E-state index in [1.807, 2.05) is 36.1 Å². The molecule has 31 heavy (non-hydrogen) atoms. The van der Waals surface area contributed by atoms with Crippen LogP contribution in [0.2, 0.25) is 0 Å². The number of benzene rings is 2. The molecule has 0 spiro atoms. The van der Waals surface area contributed by atoms with Gasteiger partial charge >= 0.3 is 5.97 Å². The lowest BCUT2D eigenvalue weighted by Gasteiger charge is -2.33. The number of hydrogen-bond acceptors (Lipinski definition) is 5. The van der Waals surface area contributed by atoms with Gasteiger partial charge in [-0.2, -0.15) is 0 Å². The van der Waals surface area contributed by atoms with Gasteiger partial charge in [-0.15, -0.1) is 0 Å². The number of anilines is 1. The van der Waals surface area contributed by atoms with E-state index < -0.39 is 5.97 Å². The van der Waals surface area contributed by atoms with Gasteiger partial charge in [0.2, 0.25) is 0 Å². The topological polar surface area (TPSA) is 79.3 Å². The number of hydrogen-bond donors (Lipinski definition) is 1. The number of nitrogens with zero attached hydrogens (tertiary/aromatic N) is 2. The van der Waals surface area contributed by atoms with Crippen LogP contribution in [0.5, 0.6) is 5.75 Å². The molecule has 2 aromatic rings. The molecule has 0 aromatic heterocycles. The quantitative estimate of drug-likeness (QED) is 0.663. The lowest BCUT2D eigenvalue weighted by molar-refractivity contribution is -0.145. The van der Waals surface area contributed by atoms with Crippen molar-refractivity contribution in [3.63, 3.8) is 0 Å². The molecule has 2 aromatic carbocycles. The van der Waals surface area contributed by atoms with Gasteiger partial charge in [-0.1, -0.05) is 17.7 Å². The van der Waals surface area contributed by atoms with Crippen LogP contribution in [0.4, 0.5) is 5.69 Å². The third-order valence-corrected chi connectivity index (χ3v) is 5.54. The molecule has 0 bridgehead atoms.